The highest BCUT2D eigenvalue weighted by molar-refractivity contribution is 6.39. The fourth-order valence-corrected chi connectivity index (χ4v) is 3.14. The van der Waals surface area contributed by atoms with Gasteiger partial charge in [-0.25, -0.2) is 0 Å². The maximum absolute atomic E-state index is 12.8. The highest BCUT2D eigenvalue weighted by atomic mass is 35.5. The molecule has 4 nitrogen and oxygen atoms in total. The fourth-order valence-electron chi connectivity index (χ4n) is 2.56. The van der Waals surface area contributed by atoms with Gasteiger partial charge >= 0.3 is 6.18 Å². The monoisotopic (exact) mass is 450 g/mol. The van der Waals surface area contributed by atoms with Crippen molar-refractivity contribution < 1.29 is 22.4 Å². The summed E-state index contributed by atoms with van der Waals surface area (Å²) in [6.45, 7) is 0. The molecule has 3 rings (SSSR count). The predicted octanol–water partition coefficient (Wildman–Crippen LogP) is 6.82. The Morgan fingerprint density at radius 3 is 2.37 bits per heavy atom. The van der Waals surface area contributed by atoms with Gasteiger partial charge in [0.1, 0.15) is 23.2 Å². The van der Waals surface area contributed by atoms with Crippen molar-refractivity contribution in [3.05, 3.63) is 81.5 Å². The van der Waals surface area contributed by atoms with Gasteiger partial charge in [0.2, 0.25) is 0 Å². The number of hydrogen-bond donors (Lipinski definition) is 1. The first-order chi connectivity index (χ1) is 14.2. The van der Waals surface area contributed by atoms with Crippen molar-refractivity contribution in [2.75, 3.05) is 5.32 Å². The summed E-state index contributed by atoms with van der Waals surface area (Å²) < 4.78 is 44.0. The number of carbonyl (C=O) groups excluding carboxylic acids is 1. The van der Waals surface area contributed by atoms with E-state index in [1.165, 1.54) is 12.1 Å². The molecule has 3 aromatic rings. The number of carbonyl (C=O) groups is 1. The van der Waals surface area contributed by atoms with Crippen molar-refractivity contribution in [1.29, 1.82) is 5.26 Å². The summed E-state index contributed by atoms with van der Waals surface area (Å²) in [6, 6.07) is 13.8. The van der Waals surface area contributed by atoms with Gasteiger partial charge < -0.3 is 9.73 Å². The van der Waals surface area contributed by atoms with Gasteiger partial charge in [-0.1, -0.05) is 35.3 Å². The third kappa shape index (κ3) is 4.85. The maximum atomic E-state index is 12.8. The smallest absolute Gasteiger partial charge is 0.416 e. The van der Waals surface area contributed by atoms with Crippen LogP contribution in [0.25, 0.3) is 17.4 Å². The Balaban J connectivity index is 1.84. The zero-order valence-corrected chi connectivity index (χ0v) is 16.4. The van der Waals surface area contributed by atoms with E-state index >= 15 is 0 Å². The van der Waals surface area contributed by atoms with E-state index in [2.05, 4.69) is 5.32 Å². The van der Waals surface area contributed by atoms with Crippen LogP contribution in [0.5, 0.6) is 0 Å². The summed E-state index contributed by atoms with van der Waals surface area (Å²) in [5.41, 5.74) is -0.931. The quantitative estimate of drug-likeness (QED) is 0.350. The number of benzene rings is 2. The Morgan fingerprint density at radius 2 is 1.73 bits per heavy atom. The zero-order valence-electron chi connectivity index (χ0n) is 14.9. The molecule has 152 valence electrons. The summed E-state index contributed by atoms with van der Waals surface area (Å²) in [4.78, 5) is 12.3. The number of anilines is 1. The molecule has 1 aromatic heterocycles. The highest BCUT2D eigenvalue weighted by Gasteiger charge is 2.30. The van der Waals surface area contributed by atoms with Gasteiger partial charge in [0.05, 0.1) is 21.2 Å². The van der Waals surface area contributed by atoms with Crippen LogP contribution in [0.1, 0.15) is 11.3 Å². The summed E-state index contributed by atoms with van der Waals surface area (Å²) in [5, 5.41) is 12.3. The Morgan fingerprint density at radius 1 is 1.07 bits per heavy atom. The summed E-state index contributed by atoms with van der Waals surface area (Å²) >= 11 is 12.3. The standard InChI is InChI=1S/C21H11Cl2F3N2O2/c22-16-5-2-6-17(23)19(16)18-8-7-15(30-18)9-12(11-27)20(29)28-14-4-1-3-13(10-14)21(24,25)26/h1-10H,(H,28,29). The van der Waals surface area contributed by atoms with Crippen molar-refractivity contribution in [2.45, 2.75) is 6.18 Å². The minimum absolute atomic E-state index is 0.0982. The maximum Gasteiger partial charge on any atom is 0.416 e. The zero-order chi connectivity index (χ0) is 21.9. The molecule has 0 atom stereocenters. The van der Waals surface area contributed by atoms with Crippen molar-refractivity contribution in [3.63, 3.8) is 0 Å². The Hall–Kier alpha value is -3.21. The first-order valence-electron chi connectivity index (χ1n) is 8.33. The van der Waals surface area contributed by atoms with E-state index in [0.29, 0.717) is 21.4 Å². The van der Waals surface area contributed by atoms with E-state index in [1.54, 1.807) is 30.3 Å². The van der Waals surface area contributed by atoms with Crippen LogP contribution in [0.3, 0.4) is 0 Å². The molecular formula is C21H11Cl2F3N2O2. The Kier molecular flexibility index (Phi) is 6.20. The van der Waals surface area contributed by atoms with E-state index in [-0.39, 0.29) is 17.0 Å². The van der Waals surface area contributed by atoms with Gasteiger partial charge in [-0.2, -0.15) is 18.4 Å². The molecule has 1 amide bonds. The topological polar surface area (TPSA) is 66.0 Å². The van der Waals surface area contributed by atoms with Gasteiger partial charge in [0.25, 0.3) is 5.91 Å². The van der Waals surface area contributed by atoms with E-state index < -0.39 is 17.6 Å². The first-order valence-corrected chi connectivity index (χ1v) is 9.09. The lowest BCUT2D eigenvalue weighted by molar-refractivity contribution is -0.137. The van der Waals surface area contributed by atoms with E-state index in [1.807, 2.05) is 0 Å². The van der Waals surface area contributed by atoms with Crippen LogP contribution in [0.2, 0.25) is 10.0 Å². The molecule has 9 heteroatoms. The minimum Gasteiger partial charge on any atom is -0.457 e. The second kappa shape index (κ2) is 8.66. The van der Waals surface area contributed by atoms with Gasteiger partial charge in [-0.15, -0.1) is 0 Å². The molecule has 1 heterocycles. The van der Waals surface area contributed by atoms with Crippen LogP contribution in [-0.4, -0.2) is 5.91 Å². The number of halogens is 5. The summed E-state index contributed by atoms with van der Waals surface area (Å²) in [5.74, 6) is -0.394. The molecule has 1 N–H and O–H groups in total. The van der Waals surface area contributed by atoms with E-state index in [4.69, 9.17) is 27.6 Å². The second-order valence-electron chi connectivity index (χ2n) is 6.00. The number of nitrogens with zero attached hydrogens (tertiary/aromatic N) is 1. The molecule has 30 heavy (non-hydrogen) atoms. The third-order valence-corrected chi connectivity index (χ3v) is 4.57. The first kappa shape index (κ1) is 21.5. The molecule has 0 unspecified atom stereocenters. The van der Waals surface area contributed by atoms with E-state index in [9.17, 15) is 23.2 Å². The van der Waals surface area contributed by atoms with Crippen LogP contribution < -0.4 is 5.32 Å². The lowest BCUT2D eigenvalue weighted by Crippen LogP contribution is -2.14. The summed E-state index contributed by atoms with van der Waals surface area (Å²) in [6.07, 6.45) is -3.39. The molecule has 2 aromatic carbocycles. The Bertz CT molecular complexity index is 1160. The third-order valence-electron chi connectivity index (χ3n) is 3.94. The van der Waals surface area contributed by atoms with Gasteiger partial charge in [-0.05, 0) is 42.5 Å². The number of hydrogen-bond acceptors (Lipinski definition) is 3. The number of rotatable bonds is 4. The molecule has 0 spiro atoms. The largest absolute Gasteiger partial charge is 0.457 e. The normalized spacial score (nSPS) is 11.8. The molecular weight excluding hydrogens is 440 g/mol. The van der Waals surface area contributed by atoms with Crippen molar-refractivity contribution in [2.24, 2.45) is 0 Å². The number of amides is 1. The molecule has 0 aliphatic heterocycles. The van der Waals surface area contributed by atoms with Crippen LogP contribution in [0.4, 0.5) is 18.9 Å². The Labute approximate surface area is 179 Å². The molecule has 0 bridgehead atoms. The summed E-state index contributed by atoms with van der Waals surface area (Å²) in [7, 11) is 0. The fraction of sp³-hybridized carbons (Fsp3) is 0.0476. The van der Waals surface area contributed by atoms with Gasteiger partial charge in [0, 0.05) is 11.8 Å². The molecule has 0 saturated heterocycles. The molecule has 0 fully saturated rings. The number of nitrogens with one attached hydrogen (secondary N) is 1. The molecule has 0 radical (unpaired) electrons. The molecule has 0 aliphatic rings. The lowest BCUT2D eigenvalue weighted by Gasteiger charge is -2.09. The minimum atomic E-state index is -4.56. The average Bonchev–Trinajstić information content (AvgIpc) is 3.13. The highest BCUT2D eigenvalue weighted by Crippen LogP contribution is 2.36. The number of nitriles is 1. The molecule has 0 aliphatic carbocycles. The van der Waals surface area contributed by atoms with Crippen molar-refractivity contribution in [3.8, 4) is 17.4 Å². The van der Waals surface area contributed by atoms with Crippen LogP contribution in [0.15, 0.2) is 64.6 Å². The van der Waals surface area contributed by atoms with Crippen molar-refractivity contribution in [1.82, 2.24) is 0 Å². The lowest BCUT2D eigenvalue weighted by atomic mass is 10.1. The molecule has 0 saturated carbocycles. The van der Waals surface area contributed by atoms with Crippen LogP contribution >= 0.6 is 23.2 Å². The van der Waals surface area contributed by atoms with Crippen molar-refractivity contribution >= 4 is 40.9 Å². The number of furan rings is 1. The predicted molar refractivity (Wildman–Crippen MR) is 108 cm³/mol. The second-order valence-corrected chi connectivity index (χ2v) is 6.82. The van der Waals surface area contributed by atoms with Crippen LogP contribution in [-0.2, 0) is 11.0 Å². The van der Waals surface area contributed by atoms with Gasteiger partial charge in [0.15, 0.2) is 0 Å². The SMILES string of the molecule is N#CC(=Cc1ccc(-c2c(Cl)cccc2Cl)o1)C(=O)Nc1cccc(C(F)(F)F)c1. The van der Waals surface area contributed by atoms with Crippen LogP contribution in [0, 0.1) is 11.3 Å². The average molecular weight is 451 g/mol. The van der Waals surface area contributed by atoms with Gasteiger partial charge in [-0.3, -0.25) is 4.79 Å². The van der Waals surface area contributed by atoms with E-state index in [0.717, 1.165) is 24.3 Å². The number of alkyl halides is 3.